The molecule has 2 N–H and O–H groups in total. The normalized spacial score (nSPS) is 22.1. The van der Waals surface area contributed by atoms with Crippen molar-refractivity contribution in [2.45, 2.75) is 13.1 Å². The number of carbonyl (C=O) groups is 2. The molecule has 2 rings (SSSR count). The fourth-order valence-electron chi connectivity index (χ4n) is 2.66. The van der Waals surface area contributed by atoms with Crippen LogP contribution in [0.3, 0.4) is 0 Å². The van der Waals surface area contributed by atoms with Crippen LogP contribution in [-0.2, 0) is 15.8 Å². The molecule has 0 aliphatic carbocycles. The van der Waals surface area contributed by atoms with Crippen molar-refractivity contribution in [2.75, 3.05) is 25.0 Å². The number of carbonyl (C=O) groups excluding carboxylic acids is 1. The first-order valence-electron chi connectivity index (χ1n) is 7.09. The van der Waals surface area contributed by atoms with Crippen LogP contribution in [0.2, 0.25) is 0 Å². The van der Waals surface area contributed by atoms with Crippen LogP contribution in [0, 0.1) is 11.8 Å². The summed E-state index contributed by atoms with van der Waals surface area (Å²) in [7, 11) is 0. The molecule has 23 heavy (non-hydrogen) atoms. The number of nitrogens with zero attached hydrogens (tertiary/aromatic N) is 1. The first-order valence-corrected chi connectivity index (χ1v) is 7.09. The minimum atomic E-state index is -4.42. The zero-order valence-corrected chi connectivity index (χ0v) is 12.4. The Morgan fingerprint density at radius 1 is 1.26 bits per heavy atom. The quantitative estimate of drug-likeness (QED) is 0.889. The molecule has 1 aromatic rings. The molecule has 1 aromatic carbocycles. The van der Waals surface area contributed by atoms with Crippen LogP contribution < -0.4 is 5.32 Å². The van der Waals surface area contributed by atoms with Gasteiger partial charge in [-0.2, -0.15) is 13.2 Å². The van der Waals surface area contributed by atoms with Crippen molar-refractivity contribution >= 4 is 17.6 Å². The molecule has 0 saturated carbocycles. The summed E-state index contributed by atoms with van der Waals surface area (Å²) in [4.78, 5) is 24.7. The fraction of sp³-hybridized carbons (Fsp3) is 0.467. The second-order valence-electron chi connectivity index (χ2n) is 5.74. The van der Waals surface area contributed by atoms with Crippen molar-refractivity contribution in [1.82, 2.24) is 4.90 Å². The Kier molecular flexibility index (Phi) is 4.93. The molecule has 1 fully saturated rings. The van der Waals surface area contributed by atoms with Crippen molar-refractivity contribution in [1.29, 1.82) is 0 Å². The molecule has 1 saturated heterocycles. The van der Waals surface area contributed by atoms with Gasteiger partial charge in [0.15, 0.2) is 0 Å². The van der Waals surface area contributed by atoms with Gasteiger partial charge >= 0.3 is 12.1 Å². The van der Waals surface area contributed by atoms with E-state index >= 15 is 0 Å². The molecule has 8 heteroatoms. The van der Waals surface area contributed by atoms with Crippen LogP contribution in [0.5, 0.6) is 0 Å². The number of carboxylic acid groups (broad SMARTS) is 1. The summed E-state index contributed by atoms with van der Waals surface area (Å²) in [6.45, 7) is 2.61. The average Bonchev–Trinajstić information content (AvgIpc) is 2.79. The van der Waals surface area contributed by atoms with Gasteiger partial charge in [-0.15, -0.1) is 0 Å². The highest BCUT2D eigenvalue weighted by Gasteiger charge is 2.35. The third-order valence-electron chi connectivity index (χ3n) is 3.87. The molecule has 1 heterocycles. The Morgan fingerprint density at radius 3 is 2.35 bits per heavy atom. The molecule has 2 atom stereocenters. The van der Waals surface area contributed by atoms with E-state index in [-0.39, 0.29) is 30.6 Å². The second kappa shape index (κ2) is 6.57. The summed E-state index contributed by atoms with van der Waals surface area (Å²) >= 11 is 0. The zero-order valence-electron chi connectivity index (χ0n) is 12.4. The van der Waals surface area contributed by atoms with Crippen LogP contribution in [0.15, 0.2) is 24.3 Å². The Morgan fingerprint density at radius 2 is 1.87 bits per heavy atom. The van der Waals surface area contributed by atoms with E-state index < -0.39 is 23.6 Å². The number of carboxylic acids is 1. The topological polar surface area (TPSA) is 69.6 Å². The van der Waals surface area contributed by atoms with Gasteiger partial charge in [0.2, 0.25) is 5.91 Å². The van der Waals surface area contributed by atoms with E-state index in [1.807, 2.05) is 6.92 Å². The second-order valence-corrected chi connectivity index (χ2v) is 5.74. The maximum atomic E-state index is 12.4. The molecule has 0 aromatic heterocycles. The third-order valence-corrected chi connectivity index (χ3v) is 3.87. The van der Waals surface area contributed by atoms with Crippen LogP contribution in [0.1, 0.15) is 12.5 Å². The van der Waals surface area contributed by atoms with E-state index in [0.717, 1.165) is 12.1 Å². The van der Waals surface area contributed by atoms with Crippen molar-refractivity contribution < 1.29 is 27.9 Å². The Labute approximate surface area is 131 Å². The lowest BCUT2D eigenvalue weighted by molar-refractivity contribution is -0.142. The number of hydrogen-bond acceptors (Lipinski definition) is 3. The van der Waals surface area contributed by atoms with Crippen LogP contribution >= 0.6 is 0 Å². The molecule has 126 valence electrons. The monoisotopic (exact) mass is 330 g/mol. The minimum Gasteiger partial charge on any atom is -0.481 e. The number of halogens is 3. The van der Waals surface area contributed by atoms with E-state index in [2.05, 4.69) is 5.32 Å². The van der Waals surface area contributed by atoms with Crippen molar-refractivity contribution in [2.24, 2.45) is 11.8 Å². The van der Waals surface area contributed by atoms with Crippen LogP contribution in [-0.4, -0.2) is 41.5 Å². The number of hydrogen-bond donors (Lipinski definition) is 2. The number of amides is 1. The summed E-state index contributed by atoms with van der Waals surface area (Å²) in [6, 6.07) is 4.17. The number of benzene rings is 1. The first kappa shape index (κ1) is 17.3. The van der Waals surface area contributed by atoms with Gasteiger partial charge in [-0.25, -0.2) is 0 Å². The Balaban J connectivity index is 1.89. The van der Waals surface area contributed by atoms with E-state index in [4.69, 9.17) is 5.11 Å². The lowest BCUT2D eigenvalue weighted by atomic mass is 9.99. The largest absolute Gasteiger partial charge is 0.481 e. The number of nitrogens with one attached hydrogen (secondary N) is 1. The minimum absolute atomic E-state index is 0.00907. The van der Waals surface area contributed by atoms with Gasteiger partial charge in [-0.3, -0.25) is 14.5 Å². The molecule has 0 unspecified atom stereocenters. The smallest absolute Gasteiger partial charge is 0.416 e. The van der Waals surface area contributed by atoms with E-state index in [9.17, 15) is 22.8 Å². The number of anilines is 1. The maximum absolute atomic E-state index is 12.4. The fourth-order valence-corrected chi connectivity index (χ4v) is 2.66. The SMILES string of the molecule is C[C@@H]1CN(CC(=O)Nc2ccc(C(F)(F)F)cc2)C[C@H]1C(=O)O. The molecule has 0 bridgehead atoms. The summed E-state index contributed by atoms with van der Waals surface area (Å²) < 4.78 is 37.3. The van der Waals surface area contributed by atoms with Gasteiger partial charge in [0.1, 0.15) is 0 Å². The van der Waals surface area contributed by atoms with Gasteiger partial charge in [0.25, 0.3) is 0 Å². The predicted octanol–water partition coefficient (Wildman–Crippen LogP) is 2.30. The van der Waals surface area contributed by atoms with Gasteiger partial charge in [-0.05, 0) is 30.2 Å². The number of alkyl halides is 3. The number of aliphatic carboxylic acids is 1. The maximum Gasteiger partial charge on any atom is 0.416 e. The van der Waals surface area contributed by atoms with Crippen LogP contribution in [0.4, 0.5) is 18.9 Å². The summed E-state index contributed by atoms with van der Waals surface area (Å²) in [5, 5.41) is 11.6. The van der Waals surface area contributed by atoms with Gasteiger partial charge in [-0.1, -0.05) is 6.92 Å². The Hall–Kier alpha value is -2.09. The Bertz CT molecular complexity index is 587. The number of rotatable bonds is 4. The van der Waals surface area contributed by atoms with Crippen LogP contribution in [0.25, 0.3) is 0 Å². The summed E-state index contributed by atoms with van der Waals surface area (Å²) in [6.07, 6.45) is -4.42. The third kappa shape index (κ3) is 4.44. The van der Waals surface area contributed by atoms with E-state index in [1.54, 1.807) is 4.90 Å². The molecule has 0 spiro atoms. The highest BCUT2D eigenvalue weighted by molar-refractivity contribution is 5.92. The molecular weight excluding hydrogens is 313 g/mol. The van der Waals surface area contributed by atoms with Crippen molar-refractivity contribution in [3.05, 3.63) is 29.8 Å². The van der Waals surface area contributed by atoms with Crippen molar-refractivity contribution in [3.8, 4) is 0 Å². The lowest BCUT2D eigenvalue weighted by Crippen LogP contribution is -2.32. The molecule has 5 nitrogen and oxygen atoms in total. The van der Waals surface area contributed by atoms with Crippen molar-refractivity contribution in [3.63, 3.8) is 0 Å². The highest BCUT2D eigenvalue weighted by Crippen LogP contribution is 2.29. The van der Waals surface area contributed by atoms with E-state index in [1.165, 1.54) is 12.1 Å². The van der Waals surface area contributed by atoms with Gasteiger partial charge in [0, 0.05) is 18.8 Å². The summed E-state index contributed by atoms with van der Waals surface area (Å²) in [5.41, 5.74) is -0.516. The average molecular weight is 330 g/mol. The standard InChI is InChI=1S/C15H17F3N2O3/c1-9-6-20(7-12(9)14(22)23)8-13(21)19-11-4-2-10(3-5-11)15(16,17)18/h2-5,9,12H,6-8H2,1H3,(H,19,21)(H,22,23)/t9-,12-/m1/s1. The molecule has 1 aliphatic heterocycles. The number of likely N-dealkylation sites (tertiary alicyclic amines) is 1. The molecular formula is C15H17F3N2O3. The highest BCUT2D eigenvalue weighted by atomic mass is 19.4. The van der Waals surface area contributed by atoms with Gasteiger partial charge in [0.05, 0.1) is 18.0 Å². The first-order chi connectivity index (χ1) is 10.7. The molecule has 1 amide bonds. The predicted molar refractivity (Wildman–Crippen MR) is 76.8 cm³/mol. The zero-order chi connectivity index (χ0) is 17.2. The lowest BCUT2D eigenvalue weighted by Gasteiger charge is -2.15. The van der Waals surface area contributed by atoms with Gasteiger partial charge < -0.3 is 10.4 Å². The summed E-state index contributed by atoms with van der Waals surface area (Å²) in [5.74, 6) is -1.83. The molecule has 1 aliphatic rings. The molecule has 0 radical (unpaired) electrons. The van der Waals surface area contributed by atoms with E-state index in [0.29, 0.717) is 6.54 Å².